The lowest BCUT2D eigenvalue weighted by molar-refractivity contribution is -0.122. The average molecular weight is 491 g/mol. The van der Waals surface area contributed by atoms with Gasteiger partial charge in [0.25, 0.3) is 5.91 Å². The van der Waals surface area contributed by atoms with Gasteiger partial charge >= 0.3 is 0 Å². The predicted molar refractivity (Wildman–Crippen MR) is 151 cm³/mol. The van der Waals surface area contributed by atoms with Gasteiger partial charge in [0.15, 0.2) is 0 Å². The second-order valence-corrected chi connectivity index (χ2v) is 9.89. The lowest BCUT2D eigenvalue weighted by Gasteiger charge is -2.27. The third kappa shape index (κ3) is 8.21. The van der Waals surface area contributed by atoms with Crippen LogP contribution in [0.4, 0.5) is 17.1 Å². The van der Waals surface area contributed by atoms with Gasteiger partial charge in [0.1, 0.15) is 0 Å². The highest BCUT2D eigenvalue weighted by Gasteiger charge is 2.27. The number of aliphatic imine (C=N–C) groups is 1. The fourth-order valence-electron chi connectivity index (χ4n) is 4.77. The van der Waals surface area contributed by atoms with E-state index in [0.29, 0.717) is 18.0 Å². The summed E-state index contributed by atoms with van der Waals surface area (Å²) in [7, 11) is 1.85. The van der Waals surface area contributed by atoms with Crippen molar-refractivity contribution in [2.75, 3.05) is 24.2 Å². The Morgan fingerprint density at radius 2 is 1.75 bits per heavy atom. The first-order valence-corrected chi connectivity index (χ1v) is 13.6. The Kier molecular flexibility index (Phi) is 11.0. The average Bonchev–Trinajstić information content (AvgIpc) is 2.90. The molecule has 0 aromatic heterocycles. The van der Waals surface area contributed by atoms with E-state index in [-0.39, 0.29) is 17.7 Å². The molecule has 0 radical (unpaired) electrons. The van der Waals surface area contributed by atoms with Crippen LogP contribution in [0.15, 0.2) is 47.5 Å². The molecule has 194 valence electrons. The first-order chi connectivity index (χ1) is 17.5. The van der Waals surface area contributed by atoms with E-state index in [1.807, 2.05) is 49.5 Å². The summed E-state index contributed by atoms with van der Waals surface area (Å²) in [6.07, 6.45) is 12.1. The number of hydrogen-bond donors (Lipinski definition) is 3. The minimum Gasteiger partial charge on any atom is -0.386 e. The van der Waals surface area contributed by atoms with Crippen molar-refractivity contribution in [2.45, 2.75) is 71.6 Å². The molecule has 0 bridgehead atoms. The largest absolute Gasteiger partial charge is 0.386 e. The van der Waals surface area contributed by atoms with Gasteiger partial charge in [-0.15, -0.1) is 0 Å². The quantitative estimate of drug-likeness (QED) is 0.222. The Hall–Kier alpha value is -3.15. The molecule has 0 saturated heterocycles. The topological polar surface area (TPSA) is 82.6 Å². The molecule has 0 heterocycles. The molecule has 1 aliphatic carbocycles. The fourth-order valence-corrected chi connectivity index (χ4v) is 4.77. The van der Waals surface area contributed by atoms with Crippen molar-refractivity contribution >= 4 is 35.1 Å². The van der Waals surface area contributed by atoms with Gasteiger partial charge in [-0.3, -0.25) is 14.6 Å². The molecule has 2 amide bonds. The molecular formula is C30H42N4O2. The molecule has 36 heavy (non-hydrogen) atoms. The molecule has 3 N–H and O–H groups in total. The molecule has 0 spiro atoms. The summed E-state index contributed by atoms with van der Waals surface area (Å²) in [6.45, 7) is 5.09. The van der Waals surface area contributed by atoms with Crippen LogP contribution < -0.4 is 16.0 Å². The van der Waals surface area contributed by atoms with Gasteiger partial charge in [0, 0.05) is 37.0 Å². The lowest BCUT2D eigenvalue weighted by Crippen LogP contribution is -2.30. The van der Waals surface area contributed by atoms with Crippen molar-refractivity contribution in [1.82, 2.24) is 5.32 Å². The van der Waals surface area contributed by atoms with Crippen LogP contribution in [-0.4, -0.2) is 31.6 Å². The molecule has 1 fully saturated rings. The second kappa shape index (κ2) is 14.4. The van der Waals surface area contributed by atoms with Crippen LogP contribution >= 0.6 is 0 Å². The number of carbonyl (C=O) groups is 2. The minimum atomic E-state index is -0.0397. The van der Waals surface area contributed by atoms with Gasteiger partial charge in [0.05, 0.1) is 11.4 Å². The number of unbranched alkanes of at least 4 members (excludes halogenated alkanes) is 4. The van der Waals surface area contributed by atoms with Crippen molar-refractivity contribution in [1.29, 1.82) is 0 Å². The molecule has 1 aliphatic rings. The van der Waals surface area contributed by atoms with Crippen LogP contribution in [0.25, 0.3) is 0 Å². The first-order valence-electron chi connectivity index (χ1n) is 13.6. The number of rotatable bonds is 12. The number of carbonyl (C=O) groups excluding carboxylic acids is 2. The minimum absolute atomic E-state index is 0.0397. The summed E-state index contributed by atoms with van der Waals surface area (Å²) in [5.74, 6) is 0.557. The van der Waals surface area contributed by atoms with Gasteiger partial charge in [-0.2, -0.15) is 0 Å². The highest BCUT2D eigenvalue weighted by atomic mass is 16.2. The summed E-state index contributed by atoms with van der Waals surface area (Å²) in [5.41, 5.74) is 3.93. The van der Waals surface area contributed by atoms with Gasteiger partial charge in [-0.25, -0.2) is 0 Å². The summed E-state index contributed by atoms with van der Waals surface area (Å²) in [6, 6.07) is 13.2. The highest BCUT2D eigenvalue weighted by molar-refractivity contribution is 5.96. The fraction of sp³-hybridized carbons (Fsp3) is 0.500. The van der Waals surface area contributed by atoms with Crippen molar-refractivity contribution in [3.05, 3.63) is 53.6 Å². The van der Waals surface area contributed by atoms with Crippen LogP contribution in [0.2, 0.25) is 0 Å². The maximum absolute atomic E-state index is 12.8. The molecule has 0 aliphatic heterocycles. The lowest BCUT2D eigenvalue weighted by atomic mass is 9.80. The van der Waals surface area contributed by atoms with E-state index in [1.165, 1.54) is 25.7 Å². The van der Waals surface area contributed by atoms with Crippen molar-refractivity contribution in [3.8, 4) is 0 Å². The second-order valence-electron chi connectivity index (χ2n) is 9.89. The molecule has 6 nitrogen and oxygen atoms in total. The number of hydrogen-bond acceptors (Lipinski definition) is 4. The number of anilines is 2. The van der Waals surface area contributed by atoms with Gasteiger partial charge in [0.2, 0.25) is 5.91 Å². The molecule has 2 aromatic rings. The van der Waals surface area contributed by atoms with Crippen molar-refractivity contribution in [2.24, 2.45) is 16.8 Å². The number of nitrogens with zero attached hydrogens (tertiary/aromatic N) is 1. The van der Waals surface area contributed by atoms with Crippen LogP contribution in [0, 0.1) is 11.8 Å². The van der Waals surface area contributed by atoms with Crippen LogP contribution in [0.1, 0.15) is 87.6 Å². The molecule has 2 unspecified atom stereocenters. The third-order valence-corrected chi connectivity index (χ3v) is 7.07. The zero-order chi connectivity index (χ0) is 25.8. The maximum atomic E-state index is 12.8. The highest BCUT2D eigenvalue weighted by Crippen LogP contribution is 2.32. The Morgan fingerprint density at radius 3 is 2.47 bits per heavy atom. The predicted octanol–water partition coefficient (Wildman–Crippen LogP) is 6.94. The monoisotopic (exact) mass is 490 g/mol. The standard InChI is InChI=1S/C30H42N4O2/c1-4-5-6-7-10-19-32-29(35)24-15-13-23(14-16-24)21-33-28-20-25(17-18-27(28)31-3)34-30(36)26-12-9-8-11-22(26)2/h13-18,20-22,26,31H,4-12,19H2,1-3H3,(H,32,35)(H,34,36). The molecule has 1 saturated carbocycles. The first kappa shape index (κ1) is 27.4. The maximum Gasteiger partial charge on any atom is 0.251 e. The SMILES string of the molecule is CCCCCCCNC(=O)c1ccc(C=Nc2cc(NC(=O)C3CCCCC3C)ccc2NC)cc1. The summed E-state index contributed by atoms with van der Waals surface area (Å²) >= 11 is 0. The van der Waals surface area contributed by atoms with Gasteiger partial charge in [-0.05, 0) is 61.1 Å². The zero-order valence-corrected chi connectivity index (χ0v) is 22.1. The van der Waals surface area contributed by atoms with E-state index in [2.05, 4.69) is 34.8 Å². The molecule has 6 heteroatoms. The Balaban J connectivity index is 1.59. The van der Waals surface area contributed by atoms with E-state index in [4.69, 9.17) is 0 Å². The summed E-state index contributed by atoms with van der Waals surface area (Å²) < 4.78 is 0. The Morgan fingerprint density at radius 1 is 1.00 bits per heavy atom. The van der Waals surface area contributed by atoms with Crippen LogP contribution in [-0.2, 0) is 4.79 Å². The van der Waals surface area contributed by atoms with Crippen LogP contribution in [0.5, 0.6) is 0 Å². The molecule has 2 atom stereocenters. The van der Waals surface area contributed by atoms with Crippen molar-refractivity contribution in [3.63, 3.8) is 0 Å². The summed E-state index contributed by atoms with van der Waals surface area (Å²) in [4.78, 5) is 29.9. The number of nitrogens with one attached hydrogen (secondary N) is 3. The number of benzene rings is 2. The van der Waals surface area contributed by atoms with E-state index in [0.717, 1.165) is 54.7 Å². The molecule has 3 rings (SSSR count). The smallest absolute Gasteiger partial charge is 0.251 e. The van der Waals surface area contributed by atoms with E-state index >= 15 is 0 Å². The normalized spacial score (nSPS) is 17.6. The van der Waals surface area contributed by atoms with Crippen molar-refractivity contribution < 1.29 is 9.59 Å². The molecule has 2 aromatic carbocycles. The number of amides is 2. The van der Waals surface area contributed by atoms with E-state index < -0.39 is 0 Å². The van der Waals surface area contributed by atoms with Gasteiger partial charge < -0.3 is 16.0 Å². The third-order valence-electron chi connectivity index (χ3n) is 7.07. The zero-order valence-electron chi connectivity index (χ0n) is 22.1. The molecular weight excluding hydrogens is 448 g/mol. The van der Waals surface area contributed by atoms with E-state index in [9.17, 15) is 9.59 Å². The van der Waals surface area contributed by atoms with Crippen LogP contribution in [0.3, 0.4) is 0 Å². The van der Waals surface area contributed by atoms with E-state index in [1.54, 1.807) is 6.21 Å². The Bertz CT molecular complexity index is 1020. The Labute approximate surface area is 216 Å². The van der Waals surface area contributed by atoms with Gasteiger partial charge in [-0.1, -0.05) is 64.5 Å². The summed E-state index contributed by atoms with van der Waals surface area (Å²) in [5, 5.41) is 9.26.